The van der Waals surface area contributed by atoms with Crippen molar-refractivity contribution in [1.82, 2.24) is 4.98 Å². The number of non-ortho nitro benzene ring substituents is 1. The predicted molar refractivity (Wildman–Crippen MR) is 81.0 cm³/mol. The fraction of sp³-hybridized carbons (Fsp3) is 0. The van der Waals surface area contributed by atoms with Gasteiger partial charge in [-0.3, -0.25) is 10.1 Å². The average Bonchev–Trinajstić information content (AvgIpc) is 3.05. The number of aromatic carboxylic acids is 1. The van der Waals surface area contributed by atoms with Crippen LogP contribution in [-0.4, -0.2) is 21.0 Å². The zero-order valence-electron chi connectivity index (χ0n) is 11.7. The number of benzene rings is 2. The predicted octanol–water partition coefficient (Wildman–Crippen LogP) is 3.62. The minimum atomic E-state index is -1.03. The molecule has 1 heterocycles. The van der Waals surface area contributed by atoms with Crippen molar-refractivity contribution in [2.45, 2.75) is 0 Å². The van der Waals surface area contributed by atoms with Crippen molar-refractivity contribution in [3.05, 3.63) is 70.5 Å². The Bertz CT molecular complexity index is 883. The monoisotopic (exact) mass is 310 g/mol. The Balaban J connectivity index is 1.92. The van der Waals surface area contributed by atoms with Gasteiger partial charge in [0, 0.05) is 23.3 Å². The third-order valence-corrected chi connectivity index (χ3v) is 3.23. The van der Waals surface area contributed by atoms with Gasteiger partial charge in [-0.25, -0.2) is 9.78 Å². The minimum Gasteiger partial charge on any atom is -0.478 e. The first-order valence-electron chi connectivity index (χ1n) is 6.58. The van der Waals surface area contributed by atoms with E-state index in [4.69, 9.17) is 9.52 Å². The van der Waals surface area contributed by atoms with Gasteiger partial charge in [0.1, 0.15) is 12.0 Å². The summed E-state index contributed by atoms with van der Waals surface area (Å²) in [6.45, 7) is 0. The van der Waals surface area contributed by atoms with E-state index in [1.165, 1.54) is 30.5 Å². The van der Waals surface area contributed by atoms with Crippen LogP contribution in [0.1, 0.15) is 10.4 Å². The lowest BCUT2D eigenvalue weighted by atomic mass is 10.1. The lowest BCUT2D eigenvalue weighted by Crippen LogP contribution is -1.95. The van der Waals surface area contributed by atoms with Crippen LogP contribution < -0.4 is 0 Å². The number of carboxylic acid groups (broad SMARTS) is 1. The molecule has 0 aliphatic heterocycles. The number of nitro benzene ring substituents is 1. The molecule has 3 aromatic rings. The second-order valence-corrected chi connectivity index (χ2v) is 4.73. The Morgan fingerprint density at radius 1 is 1.13 bits per heavy atom. The first kappa shape index (κ1) is 14.5. The average molecular weight is 310 g/mol. The highest BCUT2D eigenvalue weighted by Crippen LogP contribution is 2.26. The zero-order chi connectivity index (χ0) is 16.4. The van der Waals surface area contributed by atoms with Crippen molar-refractivity contribution in [3.8, 4) is 22.7 Å². The zero-order valence-corrected chi connectivity index (χ0v) is 11.7. The van der Waals surface area contributed by atoms with E-state index in [2.05, 4.69) is 4.98 Å². The molecule has 0 radical (unpaired) electrons. The molecule has 0 aliphatic carbocycles. The first-order valence-corrected chi connectivity index (χ1v) is 6.58. The summed E-state index contributed by atoms with van der Waals surface area (Å²) in [6.07, 6.45) is 1.42. The normalized spacial score (nSPS) is 10.4. The molecule has 0 saturated carbocycles. The van der Waals surface area contributed by atoms with Gasteiger partial charge in [0.05, 0.1) is 10.5 Å². The molecule has 0 amide bonds. The molecule has 3 rings (SSSR count). The SMILES string of the molecule is O=C(O)c1cccc(-c2nc(-c3ccc([N+](=O)[O-])cc3)co2)c1. The van der Waals surface area contributed by atoms with Crippen molar-refractivity contribution >= 4 is 11.7 Å². The molecule has 0 spiro atoms. The van der Waals surface area contributed by atoms with Crippen molar-refractivity contribution < 1.29 is 19.2 Å². The highest BCUT2D eigenvalue weighted by Gasteiger charge is 2.12. The van der Waals surface area contributed by atoms with Gasteiger partial charge < -0.3 is 9.52 Å². The van der Waals surface area contributed by atoms with E-state index >= 15 is 0 Å². The molecule has 23 heavy (non-hydrogen) atoms. The summed E-state index contributed by atoms with van der Waals surface area (Å²) >= 11 is 0. The number of nitrogens with zero attached hydrogens (tertiary/aromatic N) is 2. The summed E-state index contributed by atoms with van der Waals surface area (Å²) in [5.41, 5.74) is 1.85. The quantitative estimate of drug-likeness (QED) is 0.582. The van der Waals surface area contributed by atoms with Gasteiger partial charge in [-0.2, -0.15) is 0 Å². The number of hydrogen-bond donors (Lipinski definition) is 1. The topological polar surface area (TPSA) is 106 Å². The maximum atomic E-state index is 11.0. The number of carbonyl (C=O) groups is 1. The summed E-state index contributed by atoms with van der Waals surface area (Å²) in [4.78, 5) is 25.5. The maximum Gasteiger partial charge on any atom is 0.335 e. The van der Waals surface area contributed by atoms with Gasteiger partial charge >= 0.3 is 5.97 Å². The molecule has 7 heteroatoms. The molecule has 2 aromatic carbocycles. The number of hydrogen-bond acceptors (Lipinski definition) is 5. The Morgan fingerprint density at radius 2 is 1.87 bits per heavy atom. The largest absolute Gasteiger partial charge is 0.478 e. The summed E-state index contributed by atoms with van der Waals surface area (Å²) in [5, 5.41) is 19.7. The van der Waals surface area contributed by atoms with Gasteiger partial charge in [0.25, 0.3) is 5.69 Å². The van der Waals surface area contributed by atoms with Crippen LogP contribution in [0.15, 0.2) is 59.2 Å². The molecule has 1 aromatic heterocycles. The second kappa shape index (κ2) is 5.72. The van der Waals surface area contributed by atoms with Crippen molar-refractivity contribution in [2.24, 2.45) is 0 Å². The van der Waals surface area contributed by atoms with E-state index in [1.807, 2.05) is 0 Å². The van der Waals surface area contributed by atoms with Crippen LogP contribution in [0.3, 0.4) is 0 Å². The van der Waals surface area contributed by atoms with Gasteiger partial charge in [0.2, 0.25) is 5.89 Å². The maximum absolute atomic E-state index is 11.0. The van der Waals surface area contributed by atoms with Crippen molar-refractivity contribution in [1.29, 1.82) is 0 Å². The third-order valence-electron chi connectivity index (χ3n) is 3.23. The van der Waals surface area contributed by atoms with E-state index in [1.54, 1.807) is 24.3 Å². The van der Waals surface area contributed by atoms with Gasteiger partial charge in [0.15, 0.2) is 0 Å². The van der Waals surface area contributed by atoms with Crippen LogP contribution in [0.2, 0.25) is 0 Å². The van der Waals surface area contributed by atoms with E-state index in [0.717, 1.165) is 0 Å². The molecule has 0 saturated heterocycles. The van der Waals surface area contributed by atoms with Gasteiger partial charge in [-0.05, 0) is 30.3 Å². The Hall–Kier alpha value is -3.48. The summed E-state index contributed by atoms with van der Waals surface area (Å²) in [6, 6.07) is 12.2. The number of nitro groups is 1. The van der Waals surface area contributed by atoms with Crippen LogP contribution in [-0.2, 0) is 0 Å². The summed E-state index contributed by atoms with van der Waals surface area (Å²) in [5.74, 6) is -0.754. The number of rotatable bonds is 4. The molecular weight excluding hydrogens is 300 g/mol. The molecule has 7 nitrogen and oxygen atoms in total. The van der Waals surface area contributed by atoms with E-state index < -0.39 is 10.9 Å². The first-order chi connectivity index (χ1) is 11.0. The highest BCUT2D eigenvalue weighted by atomic mass is 16.6. The molecule has 0 atom stereocenters. The highest BCUT2D eigenvalue weighted by molar-refractivity contribution is 5.89. The lowest BCUT2D eigenvalue weighted by Gasteiger charge is -1.98. The Morgan fingerprint density at radius 3 is 2.52 bits per heavy atom. The smallest absolute Gasteiger partial charge is 0.335 e. The minimum absolute atomic E-state index is 0.00775. The van der Waals surface area contributed by atoms with E-state index in [-0.39, 0.29) is 17.1 Å². The molecule has 0 unspecified atom stereocenters. The van der Waals surface area contributed by atoms with E-state index in [0.29, 0.717) is 16.8 Å². The fourth-order valence-electron chi connectivity index (χ4n) is 2.08. The summed E-state index contributed by atoms with van der Waals surface area (Å²) < 4.78 is 5.38. The number of carboxylic acids is 1. The third kappa shape index (κ3) is 2.93. The standard InChI is InChI=1S/C16H10N2O5/c19-16(20)12-3-1-2-11(8-12)15-17-14(9-23-15)10-4-6-13(7-5-10)18(21)22/h1-9H,(H,19,20). The van der Waals surface area contributed by atoms with E-state index in [9.17, 15) is 14.9 Å². The van der Waals surface area contributed by atoms with Crippen LogP contribution in [0.4, 0.5) is 5.69 Å². The van der Waals surface area contributed by atoms with Crippen LogP contribution in [0, 0.1) is 10.1 Å². The summed E-state index contributed by atoms with van der Waals surface area (Å²) in [7, 11) is 0. The van der Waals surface area contributed by atoms with Crippen LogP contribution in [0.25, 0.3) is 22.7 Å². The molecule has 0 fully saturated rings. The lowest BCUT2D eigenvalue weighted by molar-refractivity contribution is -0.384. The van der Waals surface area contributed by atoms with Gasteiger partial charge in [-0.15, -0.1) is 0 Å². The second-order valence-electron chi connectivity index (χ2n) is 4.73. The van der Waals surface area contributed by atoms with Crippen LogP contribution >= 0.6 is 0 Å². The molecule has 0 aliphatic rings. The molecular formula is C16H10N2O5. The van der Waals surface area contributed by atoms with Crippen molar-refractivity contribution in [2.75, 3.05) is 0 Å². The van der Waals surface area contributed by atoms with Crippen molar-refractivity contribution in [3.63, 3.8) is 0 Å². The fourth-order valence-corrected chi connectivity index (χ4v) is 2.08. The molecule has 1 N–H and O–H groups in total. The number of aromatic nitrogens is 1. The molecule has 0 bridgehead atoms. The van der Waals surface area contributed by atoms with Gasteiger partial charge in [-0.1, -0.05) is 6.07 Å². The number of oxazole rings is 1. The van der Waals surface area contributed by atoms with Crippen LogP contribution in [0.5, 0.6) is 0 Å². The Kier molecular flexibility index (Phi) is 3.60. The molecule has 114 valence electrons. The Labute approximate surface area is 130 Å².